The van der Waals surface area contributed by atoms with Crippen LogP contribution in [0.4, 0.5) is 5.69 Å². The fraction of sp³-hybridized carbons (Fsp3) is 0.462. The van der Waals surface area contributed by atoms with Gasteiger partial charge in [0.05, 0.1) is 7.11 Å². The second-order valence-electron chi connectivity index (χ2n) is 4.79. The van der Waals surface area contributed by atoms with Gasteiger partial charge in [-0.05, 0) is 37.7 Å². The predicted octanol–water partition coefficient (Wildman–Crippen LogP) is 0.667. The van der Waals surface area contributed by atoms with E-state index in [-0.39, 0.29) is 5.91 Å². The largest absolute Gasteiger partial charge is 0.497 e. The topological polar surface area (TPSA) is 67.6 Å². The Morgan fingerprint density at radius 3 is 2.56 bits per heavy atom. The zero-order valence-corrected chi connectivity index (χ0v) is 10.8. The first-order valence-corrected chi connectivity index (χ1v) is 5.96. The standard InChI is InChI=1S/C13H19N3O2/c1-16-8-7-13(9-16,12(14)17)15-10-3-5-11(18-2)6-4-10/h3-6,15H,7-9H2,1-2H3,(H2,14,17). The average Bonchev–Trinajstić information content (AvgIpc) is 2.73. The fourth-order valence-corrected chi connectivity index (χ4v) is 2.32. The van der Waals surface area contributed by atoms with E-state index in [9.17, 15) is 4.79 Å². The zero-order chi connectivity index (χ0) is 13.2. The van der Waals surface area contributed by atoms with Crippen LogP contribution in [0.1, 0.15) is 6.42 Å². The monoisotopic (exact) mass is 249 g/mol. The lowest BCUT2D eigenvalue weighted by molar-refractivity contribution is -0.121. The molecule has 5 nitrogen and oxygen atoms in total. The zero-order valence-electron chi connectivity index (χ0n) is 10.8. The minimum atomic E-state index is -0.663. The van der Waals surface area contributed by atoms with Gasteiger partial charge >= 0.3 is 0 Å². The molecule has 1 aromatic rings. The van der Waals surface area contributed by atoms with Gasteiger partial charge in [-0.3, -0.25) is 4.79 Å². The van der Waals surface area contributed by atoms with Gasteiger partial charge in [-0.25, -0.2) is 0 Å². The number of primary amides is 1. The highest BCUT2D eigenvalue weighted by atomic mass is 16.5. The molecular formula is C13H19N3O2. The number of carbonyl (C=O) groups is 1. The Bertz CT molecular complexity index is 432. The Hall–Kier alpha value is -1.75. The van der Waals surface area contributed by atoms with Crippen LogP contribution in [0.3, 0.4) is 0 Å². The third kappa shape index (κ3) is 2.41. The van der Waals surface area contributed by atoms with E-state index in [0.717, 1.165) is 24.4 Å². The maximum absolute atomic E-state index is 11.7. The van der Waals surface area contributed by atoms with Crippen molar-refractivity contribution in [2.24, 2.45) is 5.73 Å². The van der Waals surface area contributed by atoms with Gasteiger partial charge in [-0.15, -0.1) is 0 Å². The number of likely N-dealkylation sites (tertiary alicyclic amines) is 1. The number of methoxy groups -OCH3 is 1. The number of nitrogens with one attached hydrogen (secondary N) is 1. The van der Waals surface area contributed by atoms with Crippen LogP contribution in [0.25, 0.3) is 0 Å². The van der Waals surface area contributed by atoms with Crippen molar-refractivity contribution in [3.8, 4) is 5.75 Å². The number of amides is 1. The molecule has 3 N–H and O–H groups in total. The molecule has 0 bridgehead atoms. The van der Waals surface area contributed by atoms with E-state index in [0.29, 0.717) is 6.54 Å². The number of carbonyl (C=O) groups excluding carboxylic acids is 1. The molecular weight excluding hydrogens is 230 g/mol. The lowest BCUT2D eigenvalue weighted by atomic mass is 9.97. The fourth-order valence-electron chi connectivity index (χ4n) is 2.32. The molecule has 18 heavy (non-hydrogen) atoms. The molecule has 1 aliphatic heterocycles. The van der Waals surface area contributed by atoms with Crippen molar-refractivity contribution in [1.29, 1.82) is 0 Å². The normalized spacial score (nSPS) is 23.9. The highest BCUT2D eigenvalue weighted by molar-refractivity contribution is 5.88. The van der Waals surface area contributed by atoms with Gasteiger partial charge in [-0.1, -0.05) is 0 Å². The van der Waals surface area contributed by atoms with Crippen molar-refractivity contribution in [2.75, 3.05) is 32.6 Å². The SMILES string of the molecule is COc1ccc(NC2(C(N)=O)CCN(C)C2)cc1. The minimum Gasteiger partial charge on any atom is -0.497 e. The van der Waals surface area contributed by atoms with Crippen LogP contribution >= 0.6 is 0 Å². The van der Waals surface area contributed by atoms with Crippen molar-refractivity contribution in [1.82, 2.24) is 4.90 Å². The number of rotatable bonds is 4. The van der Waals surface area contributed by atoms with Gasteiger partial charge in [0.2, 0.25) is 5.91 Å². The summed E-state index contributed by atoms with van der Waals surface area (Å²) in [4.78, 5) is 13.8. The number of nitrogens with zero attached hydrogens (tertiary/aromatic N) is 1. The van der Waals surface area contributed by atoms with E-state index in [1.807, 2.05) is 31.3 Å². The third-order valence-electron chi connectivity index (χ3n) is 3.41. The maximum Gasteiger partial charge on any atom is 0.244 e. The third-order valence-corrected chi connectivity index (χ3v) is 3.41. The van der Waals surface area contributed by atoms with Crippen LogP contribution in [0.5, 0.6) is 5.75 Å². The summed E-state index contributed by atoms with van der Waals surface area (Å²) in [5.74, 6) is 0.486. The highest BCUT2D eigenvalue weighted by Gasteiger charge is 2.42. The Balaban J connectivity index is 2.16. The number of anilines is 1. The first-order chi connectivity index (χ1) is 8.55. The summed E-state index contributed by atoms with van der Waals surface area (Å²) in [5, 5.41) is 3.26. The molecule has 5 heteroatoms. The predicted molar refractivity (Wildman–Crippen MR) is 70.7 cm³/mol. The molecule has 0 radical (unpaired) electrons. The quantitative estimate of drug-likeness (QED) is 0.823. The Morgan fingerprint density at radius 2 is 2.11 bits per heavy atom. The molecule has 2 rings (SSSR count). The maximum atomic E-state index is 11.7. The molecule has 1 fully saturated rings. The van der Waals surface area contributed by atoms with E-state index in [4.69, 9.17) is 10.5 Å². The number of ether oxygens (including phenoxy) is 1. The van der Waals surface area contributed by atoms with E-state index < -0.39 is 5.54 Å². The lowest BCUT2D eigenvalue weighted by Gasteiger charge is -2.28. The van der Waals surface area contributed by atoms with Crippen molar-refractivity contribution in [3.05, 3.63) is 24.3 Å². The van der Waals surface area contributed by atoms with E-state index in [1.54, 1.807) is 7.11 Å². The summed E-state index contributed by atoms with van der Waals surface area (Å²) in [5.41, 5.74) is 5.76. The second-order valence-corrected chi connectivity index (χ2v) is 4.79. The van der Waals surface area contributed by atoms with E-state index >= 15 is 0 Å². The van der Waals surface area contributed by atoms with Crippen LogP contribution in [0.15, 0.2) is 24.3 Å². The van der Waals surface area contributed by atoms with E-state index in [2.05, 4.69) is 10.2 Å². The van der Waals surface area contributed by atoms with Gasteiger partial charge in [0.1, 0.15) is 11.3 Å². The molecule has 1 aliphatic rings. The smallest absolute Gasteiger partial charge is 0.244 e. The number of likely N-dealkylation sites (N-methyl/N-ethyl adjacent to an activating group) is 1. The van der Waals surface area contributed by atoms with Gasteiger partial charge in [-0.2, -0.15) is 0 Å². The summed E-state index contributed by atoms with van der Waals surface area (Å²) in [6.07, 6.45) is 0.727. The van der Waals surface area contributed by atoms with Crippen LogP contribution in [-0.4, -0.2) is 43.6 Å². The van der Waals surface area contributed by atoms with E-state index in [1.165, 1.54) is 0 Å². The summed E-state index contributed by atoms with van der Waals surface area (Å²) in [6.45, 7) is 1.50. The average molecular weight is 249 g/mol. The van der Waals surface area contributed by atoms with Crippen molar-refractivity contribution in [2.45, 2.75) is 12.0 Å². The van der Waals surface area contributed by atoms with Crippen LogP contribution < -0.4 is 15.8 Å². The molecule has 1 atom stereocenters. The number of benzene rings is 1. The van der Waals surface area contributed by atoms with Crippen LogP contribution in [-0.2, 0) is 4.79 Å². The highest BCUT2D eigenvalue weighted by Crippen LogP contribution is 2.26. The molecule has 1 amide bonds. The molecule has 1 heterocycles. The molecule has 0 aromatic heterocycles. The minimum absolute atomic E-state index is 0.303. The van der Waals surface area contributed by atoms with Crippen LogP contribution in [0, 0.1) is 0 Å². The molecule has 1 saturated heterocycles. The van der Waals surface area contributed by atoms with Gasteiger partial charge in [0.25, 0.3) is 0 Å². The molecule has 0 spiro atoms. The van der Waals surface area contributed by atoms with Crippen LogP contribution in [0.2, 0.25) is 0 Å². The first-order valence-electron chi connectivity index (χ1n) is 5.96. The summed E-state index contributed by atoms with van der Waals surface area (Å²) in [6, 6.07) is 7.50. The van der Waals surface area contributed by atoms with Gasteiger partial charge < -0.3 is 20.7 Å². The van der Waals surface area contributed by atoms with Crippen molar-refractivity contribution >= 4 is 11.6 Å². The van der Waals surface area contributed by atoms with Crippen molar-refractivity contribution in [3.63, 3.8) is 0 Å². The molecule has 1 aromatic carbocycles. The number of hydrogen-bond acceptors (Lipinski definition) is 4. The second kappa shape index (κ2) is 4.86. The Kier molecular flexibility index (Phi) is 3.43. The molecule has 0 saturated carbocycles. The lowest BCUT2D eigenvalue weighted by Crippen LogP contribution is -2.52. The summed E-state index contributed by atoms with van der Waals surface area (Å²) >= 11 is 0. The summed E-state index contributed by atoms with van der Waals surface area (Å²) in [7, 11) is 3.61. The molecule has 1 unspecified atom stereocenters. The van der Waals surface area contributed by atoms with Gasteiger partial charge in [0, 0.05) is 18.8 Å². The molecule has 0 aliphatic carbocycles. The van der Waals surface area contributed by atoms with Gasteiger partial charge in [0.15, 0.2) is 0 Å². The first kappa shape index (κ1) is 12.7. The summed E-state index contributed by atoms with van der Waals surface area (Å²) < 4.78 is 5.10. The van der Waals surface area contributed by atoms with Crippen molar-refractivity contribution < 1.29 is 9.53 Å². The Labute approximate surface area is 107 Å². The number of nitrogens with two attached hydrogens (primary N) is 1. The molecule has 98 valence electrons. The number of hydrogen-bond donors (Lipinski definition) is 2. The Morgan fingerprint density at radius 1 is 1.44 bits per heavy atom.